The van der Waals surface area contributed by atoms with Crippen molar-refractivity contribution in [2.45, 2.75) is 32.9 Å². The number of benzene rings is 1. The first-order valence-corrected chi connectivity index (χ1v) is 9.13. The molecule has 0 bridgehead atoms. The highest BCUT2D eigenvalue weighted by Crippen LogP contribution is 2.24. The van der Waals surface area contributed by atoms with Crippen LogP contribution in [0, 0.1) is 5.92 Å². The Balaban J connectivity index is 1.60. The van der Waals surface area contributed by atoms with E-state index in [1.165, 1.54) is 16.0 Å². The van der Waals surface area contributed by atoms with Gasteiger partial charge in [0.05, 0.1) is 12.6 Å². The number of hydrogen-bond acceptors (Lipinski definition) is 3. The van der Waals surface area contributed by atoms with Crippen molar-refractivity contribution in [3.8, 4) is 0 Å². The van der Waals surface area contributed by atoms with E-state index in [9.17, 15) is 4.79 Å². The van der Waals surface area contributed by atoms with Gasteiger partial charge in [-0.25, -0.2) is 0 Å². The molecule has 1 aromatic carbocycles. The van der Waals surface area contributed by atoms with Crippen molar-refractivity contribution in [2.24, 2.45) is 5.92 Å². The normalized spacial score (nSPS) is 16.1. The van der Waals surface area contributed by atoms with Crippen LogP contribution in [0.25, 0.3) is 0 Å². The second-order valence-corrected chi connectivity index (χ2v) is 7.53. The van der Waals surface area contributed by atoms with Crippen LogP contribution >= 0.6 is 11.3 Å². The summed E-state index contributed by atoms with van der Waals surface area (Å²) in [5.41, 5.74) is 2.56. The van der Waals surface area contributed by atoms with E-state index in [2.05, 4.69) is 47.6 Å². The zero-order valence-electron chi connectivity index (χ0n) is 13.8. The van der Waals surface area contributed by atoms with E-state index in [0.29, 0.717) is 12.5 Å². The average Bonchev–Trinajstić information content (AvgIpc) is 3.01. The lowest BCUT2D eigenvalue weighted by molar-refractivity contribution is -0.123. The van der Waals surface area contributed by atoms with Crippen LogP contribution in [0.4, 0.5) is 0 Å². The lowest BCUT2D eigenvalue weighted by Crippen LogP contribution is -2.41. The molecular formula is C19H24N2OS. The van der Waals surface area contributed by atoms with E-state index < -0.39 is 0 Å². The number of fused-ring (bicyclic) bond motifs is 1. The van der Waals surface area contributed by atoms with Crippen molar-refractivity contribution in [1.82, 2.24) is 10.2 Å². The van der Waals surface area contributed by atoms with Crippen LogP contribution in [0.1, 0.15) is 35.9 Å². The lowest BCUT2D eigenvalue weighted by Gasteiger charge is -2.28. The molecule has 1 aliphatic rings. The van der Waals surface area contributed by atoms with Crippen molar-refractivity contribution in [3.05, 3.63) is 57.8 Å². The molecule has 4 heteroatoms. The fourth-order valence-corrected chi connectivity index (χ4v) is 4.05. The molecule has 0 aliphatic carbocycles. The van der Waals surface area contributed by atoms with Crippen LogP contribution < -0.4 is 5.32 Å². The zero-order chi connectivity index (χ0) is 16.2. The molecule has 3 nitrogen and oxygen atoms in total. The van der Waals surface area contributed by atoms with Gasteiger partial charge in [-0.3, -0.25) is 9.69 Å². The number of hydrogen-bond donors (Lipinski definition) is 1. The van der Waals surface area contributed by atoms with Gasteiger partial charge in [0.15, 0.2) is 0 Å². The lowest BCUT2D eigenvalue weighted by atomic mass is 9.96. The molecule has 0 saturated heterocycles. The monoisotopic (exact) mass is 328 g/mol. The summed E-state index contributed by atoms with van der Waals surface area (Å²) in [6.07, 6.45) is 1.06. The number of nitrogens with one attached hydrogen (secondary N) is 1. The van der Waals surface area contributed by atoms with Crippen molar-refractivity contribution in [2.75, 3.05) is 13.1 Å². The number of carbonyl (C=O) groups excluding carboxylic acids is 1. The van der Waals surface area contributed by atoms with Gasteiger partial charge in [0.25, 0.3) is 0 Å². The third-order valence-corrected chi connectivity index (χ3v) is 5.42. The molecule has 2 heterocycles. The first kappa shape index (κ1) is 16.2. The highest BCUT2D eigenvalue weighted by Gasteiger charge is 2.22. The minimum absolute atomic E-state index is 0.0743. The number of carbonyl (C=O) groups is 1. The Morgan fingerprint density at radius 1 is 1.26 bits per heavy atom. The maximum atomic E-state index is 12.5. The molecule has 3 rings (SSSR count). The van der Waals surface area contributed by atoms with Gasteiger partial charge >= 0.3 is 0 Å². The minimum Gasteiger partial charge on any atom is -0.348 e. The largest absolute Gasteiger partial charge is 0.348 e. The molecule has 1 aromatic heterocycles. The maximum Gasteiger partial charge on any atom is 0.234 e. The van der Waals surface area contributed by atoms with E-state index in [0.717, 1.165) is 19.5 Å². The van der Waals surface area contributed by atoms with Gasteiger partial charge in [0.2, 0.25) is 5.91 Å². The molecule has 2 aromatic rings. The molecule has 0 saturated carbocycles. The standard InChI is InChI=1S/C19H24N2OS/c1-14(2)19(15-6-4-3-5-7-15)20-18(22)13-21-10-8-17-16(12-21)9-11-23-17/h3-7,9,11,14,19H,8,10,12-13H2,1-2H3,(H,20,22). The molecule has 23 heavy (non-hydrogen) atoms. The number of nitrogens with zero attached hydrogens (tertiary/aromatic N) is 1. The van der Waals surface area contributed by atoms with E-state index in [1.807, 2.05) is 29.5 Å². The number of amides is 1. The van der Waals surface area contributed by atoms with Gasteiger partial charge in [0, 0.05) is 18.0 Å². The molecule has 1 unspecified atom stereocenters. The Morgan fingerprint density at radius 2 is 2.04 bits per heavy atom. The first-order chi connectivity index (χ1) is 11.1. The quantitative estimate of drug-likeness (QED) is 0.909. The van der Waals surface area contributed by atoms with Crippen LogP contribution in [0.5, 0.6) is 0 Å². The van der Waals surface area contributed by atoms with Crippen LogP contribution in [0.3, 0.4) is 0 Å². The Hall–Kier alpha value is -1.65. The van der Waals surface area contributed by atoms with Gasteiger partial charge in [-0.15, -0.1) is 11.3 Å². The van der Waals surface area contributed by atoms with Crippen molar-refractivity contribution in [1.29, 1.82) is 0 Å². The fraction of sp³-hybridized carbons (Fsp3) is 0.421. The molecule has 0 spiro atoms. The summed E-state index contributed by atoms with van der Waals surface area (Å²) >= 11 is 1.83. The van der Waals surface area contributed by atoms with Crippen LogP contribution in [-0.4, -0.2) is 23.9 Å². The van der Waals surface area contributed by atoms with E-state index in [1.54, 1.807) is 0 Å². The van der Waals surface area contributed by atoms with Crippen molar-refractivity contribution >= 4 is 17.2 Å². The highest BCUT2D eigenvalue weighted by atomic mass is 32.1. The molecule has 0 fully saturated rings. The number of thiophene rings is 1. The Kier molecular flexibility index (Phi) is 5.13. The third-order valence-electron chi connectivity index (χ3n) is 4.40. The van der Waals surface area contributed by atoms with E-state index in [-0.39, 0.29) is 11.9 Å². The topological polar surface area (TPSA) is 32.3 Å². The van der Waals surface area contributed by atoms with E-state index in [4.69, 9.17) is 0 Å². The van der Waals surface area contributed by atoms with Gasteiger partial charge in [-0.2, -0.15) is 0 Å². The predicted octanol–water partition coefficient (Wildman–Crippen LogP) is 3.62. The number of rotatable bonds is 5. The van der Waals surface area contributed by atoms with Gasteiger partial charge in [-0.1, -0.05) is 44.2 Å². The minimum atomic E-state index is 0.0743. The van der Waals surface area contributed by atoms with Gasteiger partial charge in [0.1, 0.15) is 0 Å². The van der Waals surface area contributed by atoms with Crippen LogP contribution in [-0.2, 0) is 17.8 Å². The summed E-state index contributed by atoms with van der Waals surface area (Å²) in [5.74, 6) is 0.484. The summed E-state index contributed by atoms with van der Waals surface area (Å²) in [5, 5.41) is 5.37. The molecular weight excluding hydrogens is 304 g/mol. The van der Waals surface area contributed by atoms with Crippen molar-refractivity contribution < 1.29 is 4.79 Å². The fourth-order valence-electron chi connectivity index (χ4n) is 3.16. The smallest absolute Gasteiger partial charge is 0.234 e. The maximum absolute atomic E-state index is 12.5. The Morgan fingerprint density at radius 3 is 2.78 bits per heavy atom. The Labute approximate surface area is 142 Å². The summed E-state index contributed by atoms with van der Waals surface area (Å²) in [7, 11) is 0. The second kappa shape index (κ2) is 7.28. The first-order valence-electron chi connectivity index (χ1n) is 8.25. The molecule has 1 atom stereocenters. The van der Waals surface area contributed by atoms with E-state index >= 15 is 0 Å². The SMILES string of the molecule is CC(C)C(NC(=O)CN1CCc2sccc2C1)c1ccccc1. The molecule has 1 aliphatic heterocycles. The predicted molar refractivity (Wildman–Crippen MR) is 95.5 cm³/mol. The Bertz CT molecular complexity index is 650. The summed E-state index contributed by atoms with van der Waals surface area (Å²) in [6.45, 7) is 6.64. The van der Waals surface area contributed by atoms with Gasteiger partial charge < -0.3 is 5.32 Å². The summed E-state index contributed by atoms with van der Waals surface area (Å²) < 4.78 is 0. The van der Waals surface area contributed by atoms with Crippen molar-refractivity contribution in [3.63, 3.8) is 0 Å². The third kappa shape index (κ3) is 4.01. The summed E-state index contributed by atoms with van der Waals surface area (Å²) in [6, 6.07) is 12.5. The zero-order valence-corrected chi connectivity index (χ0v) is 14.6. The second-order valence-electron chi connectivity index (χ2n) is 6.53. The molecule has 0 radical (unpaired) electrons. The molecule has 1 amide bonds. The summed E-state index contributed by atoms with van der Waals surface area (Å²) in [4.78, 5) is 16.2. The van der Waals surface area contributed by atoms with Gasteiger partial charge in [-0.05, 0) is 34.9 Å². The van der Waals surface area contributed by atoms with Crippen LogP contribution in [0.15, 0.2) is 41.8 Å². The van der Waals surface area contributed by atoms with Crippen LogP contribution in [0.2, 0.25) is 0 Å². The molecule has 1 N–H and O–H groups in total. The molecule has 122 valence electrons. The average molecular weight is 328 g/mol. The highest BCUT2D eigenvalue weighted by molar-refractivity contribution is 7.10.